The normalized spacial score (nSPS) is 21.6. The van der Waals surface area contributed by atoms with Crippen molar-refractivity contribution in [3.05, 3.63) is 36.3 Å². The number of alkyl halides is 3. The van der Waals surface area contributed by atoms with Crippen molar-refractivity contribution < 1.29 is 13.2 Å². The predicted molar refractivity (Wildman–Crippen MR) is 92.5 cm³/mol. The van der Waals surface area contributed by atoms with Crippen LogP contribution in [0.4, 0.5) is 19.0 Å². The maximum Gasteiger partial charge on any atom is 0.433 e. The van der Waals surface area contributed by atoms with Crippen LogP contribution in [0.1, 0.15) is 38.8 Å². The average Bonchev–Trinajstić information content (AvgIpc) is 2.52. The minimum Gasteiger partial charge on any atom is -0.352 e. The van der Waals surface area contributed by atoms with Gasteiger partial charge in [-0.3, -0.25) is 4.98 Å². The molecule has 3 heterocycles. The van der Waals surface area contributed by atoms with Gasteiger partial charge in [-0.25, -0.2) is 9.97 Å². The number of anilines is 1. The minimum atomic E-state index is -4.51. The van der Waals surface area contributed by atoms with Crippen molar-refractivity contribution in [1.29, 1.82) is 0 Å². The number of hydrogen-bond acceptors (Lipinski definition) is 4. The molecule has 4 rings (SSSR count). The molecular weight excluding hydrogens is 341 g/mol. The van der Waals surface area contributed by atoms with Crippen LogP contribution in [0.5, 0.6) is 0 Å². The fraction of sp³-hybridized carbons (Fsp3) is 0.526. The fourth-order valence-corrected chi connectivity index (χ4v) is 4.48. The Balaban J connectivity index is 1.76. The molecule has 1 unspecified atom stereocenters. The van der Waals surface area contributed by atoms with Crippen molar-refractivity contribution in [3.8, 4) is 11.4 Å². The van der Waals surface area contributed by atoms with Crippen LogP contribution in [0.15, 0.2) is 30.6 Å². The summed E-state index contributed by atoms with van der Waals surface area (Å²) in [5, 5.41) is 0. The van der Waals surface area contributed by atoms with E-state index >= 15 is 0 Å². The predicted octanol–water partition coefficient (Wildman–Crippen LogP) is 4.57. The molecule has 138 valence electrons. The van der Waals surface area contributed by atoms with Crippen LogP contribution in [0.3, 0.4) is 0 Å². The van der Waals surface area contributed by atoms with Gasteiger partial charge in [0.2, 0.25) is 0 Å². The van der Waals surface area contributed by atoms with Crippen LogP contribution >= 0.6 is 0 Å². The molecule has 1 atom stereocenters. The van der Waals surface area contributed by atoms with Crippen molar-refractivity contribution in [2.75, 3.05) is 11.4 Å². The van der Waals surface area contributed by atoms with E-state index in [1.54, 1.807) is 18.3 Å². The van der Waals surface area contributed by atoms with Crippen molar-refractivity contribution >= 4 is 5.82 Å². The quantitative estimate of drug-likeness (QED) is 0.802. The van der Waals surface area contributed by atoms with Crippen LogP contribution in [0, 0.1) is 11.3 Å². The zero-order valence-electron chi connectivity index (χ0n) is 14.8. The molecular formula is C19H21F3N4. The van der Waals surface area contributed by atoms with Crippen molar-refractivity contribution in [2.24, 2.45) is 11.3 Å². The van der Waals surface area contributed by atoms with E-state index < -0.39 is 11.9 Å². The summed E-state index contributed by atoms with van der Waals surface area (Å²) in [5.41, 5.74) is -0.162. The first-order valence-corrected chi connectivity index (χ1v) is 8.93. The summed E-state index contributed by atoms with van der Waals surface area (Å²) in [5.74, 6) is 0.789. The summed E-state index contributed by atoms with van der Waals surface area (Å²) < 4.78 is 40.2. The van der Waals surface area contributed by atoms with Crippen molar-refractivity contribution in [3.63, 3.8) is 0 Å². The molecule has 1 aliphatic carbocycles. The van der Waals surface area contributed by atoms with E-state index in [1.807, 2.05) is 4.90 Å². The molecule has 0 aromatic carbocycles. The lowest BCUT2D eigenvalue weighted by atomic mass is 9.55. The highest BCUT2D eigenvalue weighted by molar-refractivity contribution is 5.58. The van der Waals surface area contributed by atoms with Crippen LogP contribution in [0.2, 0.25) is 0 Å². The van der Waals surface area contributed by atoms with Gasteiger partial charge in [0.1, 0.15) is 5.82 Å². The van der Waals surface area contributed by atoms with Crippen molar-refractivity contribution in [1.82, 2.24) is 15.0 Å². The Labute approximate surface area is 150 Å². The highest BCUT2D eigenvalue weighted by atomic mass is 19.4. The summed E-state index contributed by atoms with van der Waals surface area (Å²) in [6.45, 7) is 5.03. The third-order valence-corrected chi connectivity index (χ3v) is 5.65. The van der Waals surface area contributed by atoms with Crippen LogP contribution < -0.4 is 4.90 Å². The molecule has 2 aliphatic rings. The van der Waals surface area contributed by atoms with E-state index in [-0.39, 0.29) is 17.3 Å². The van der Waals surface area contributed by atoms with E-state index in [2.05, 4.69) is 28.8 Å². The van der Waals surface area contributed by atoms with E-state index in [0.717, 1.165) is 25.5 Å². The second-order valence-electron chi connectivity index (χ2n) is 7.71. The Morgan fingerprint density at radius 1 is 1.23 bits per heavy atom. The first kappa shape index (κ1) is 17.2. The molecule has 7 heteroatoms. The Morgan fingerprint density at radius 2 is 2.00 bits per heavy atom. The third-order valence-electron chi connectivity index (χ3n) is 5.65. The smallest absolute Gasteiger partial charge is 0.352 e. The van der Waals surface area contributed by atoms with E-state index in [0.29, 0.717) is 17.3 Å². The number of halogens is 3. The molecule has 2 aromatic rings. The number of pyridine rings is 1. The molecule has 1 spiro atoms. The van der Waals surface area contributed by atoms with Crippen LogP contribution in [-0.4, -0.2) is 27.5 Å². The van der Waals surface area contributed by atoms with Gasteiger partial charge in [-0.2, -0.15) is 13.2 Å². The van der Waals surface area contributed by atoms with E-state index in [9.17, 15) is 13.2 Å². The monoisotopic (exact) mass is 362 g/mol. The van der Waals surface area contributed by atoms with Crippen LogP contribution in [-0.2, 0) is 6.18 Å². The lowest BCUT2D eigenvalue weighted by Crippen LogP contribution is -2.69. The maximum atomic E-state index is 13.4. The number of rotatable bonds is 3. The Morgan fingerprint density at radius 3 is 2.54 bits per heavy atom. The van der Waals surface area contributed by atoms with Gasteiger partial charge in [0.15, 0.2) is 11.5 Å². The SMILES string of the molecule is CC(C)C1N(c2cc(C(F)(F)F)nc(-c3cccnc3)n2)CC12CCC2. The van der Waals surface area contributed by atoms with Gasteiger partial charge in [-0.05, 0) is 30.9 Å². The Bertz CT molecular complexity index is 800. The zero-order chi connectivity index (χ0) is 18.5. The average molecular weight is 362 g/mol. The minimum absolute atomic E-state index is 0.0694. The molecule has 2 aromatic heterocycles. The fourth-order valence-electron chi connectivity index (χ4n) is 4.48. The van der Waals surface area contributed by atoms with Gasteiger partial charge in [-0.15, -0.1) is 0 Å². The topological polar surface area (TPSA) is 41.9 Å². The molecule has 1 saturated carbocycles. The van der Waals surface area contributed by atoms with Gasteiger partial charge in [-0.1, -0.05) is 20.3 Å². The standard InChI is InChI=1S/C19H21F3N4/c1-12(2)16-18(6-4-7-18)11-26(16)15-9-14(19(20,21)22)24-17(25-15)13-5-3-8-23-10-13/h3,5,8-10,12,16H,4,6-7,11H2,1-2H3. The summed E-state index contributed by atoms with van der Waals surface area (Å²) >= 11 is 0. The summed E-state index contributed by atoms with van der Waals surface area (Å²) in [6.07, 6.45) is 2.06. The van der Waals surface area contributed by atoms with Gasteiger partial charge >= 0.3 is 6.18 Å². The Kier molecular flexibility index (Phi) is 3.93. The molecule has 1 saturated heterocycles. The van der Waals surface area contributed by atoms with Gasteiger partial charge in [0.05, 0.1) is 0 Å². The number of hydrogen-bond donors (Lipinski definition) is 0. The number of nitrogens with zero attached hydrogens (tertiary/aromatic N) is 4. The Hall–Kier alpha value is -2.18. The van der Waals surface area contributed by atoms with Gasteiger partial charge in [0, 0.05) is 42.0 Å². The van der Waals surface area contributed by atoms with E-state index in [1.165, 1.54) is 12.6 Å². The highest BCUT2D eigenvalue weighted by Crippen LogP contribution is 2.56. The molecule has 0 radical (unpaired) electrons. The molecule has 0 N–H and O–H groups in total. The first-order valence-electron chi connectivity index (χ1n) is 8.93. The summed E-state index contributed by atoms with van der Waals surface area (Å²) in [6, 6.07) is 4.66. The molecule has 1 aliphatic heterocycles. The van der Waals surface area contributed by atoms with E-state index in [4.69, 9.17) is 0 Å². The van der Waals surface area contributed by atoms with Crippen LogP contribution in [0.25, 0.3) is 11.4 Å². The molecule has 26 heavy (non-hydrogen) atoms. The molecule has 0 amide bonds. The maximum absolute atomic E-state index is 13.4. The second kappa shape index (κ2) is 5.93. The molecule has 2 fully saturated rings. The first-order chi connectivity index (χ1) is 12.3. The van der Waals surface area contributed by atoms with Crippen molar-refractivity contribution in [2.45, 2.75) is 45.3 Å². The second-order valence-corrected chi connectivity index (χ2v) is 7.71. The molecule has 0 bridgehead atoms. The lowest BCUT2D eigenvalue weighted by Gasteiger charge is -2.64. The highest BCUT2D eigenvalue weighted by Gasteiger charge is 2.57. The number of aromatic nitrogens is 3. The summed E-state index contributed by atoms with van der Waals surface area (Å²) in [7, 11) is 0. The molecule has 4 nitrogen and oxygen atoms in total. The third kappa shape index (κ3) is 2.73. The zero-order valence-corrected chi connectivity index (χ0v) is 14.8. The largest absolute Gasteiger partial charge is 0.433 e. The van der Waals surface area contributed by atoms with Gasteiger partial charge in [0.25, 0.3) is 0 Å². The lowest BCUT2D eigenvalue weighted by molar-refractivity contribution is -0.141. The van der Waals surface area contributed by atoms with Gasteiger partial charge < -0.3 is 4.90 Å². The summed E-state index contributed by atoms with van der Waals surface area (Å²) in [4.78, 5) is 14.2.